The van der Waals surface area contributed by atoms with Crippen molar-refractivity contribution in [2.75, 3.05) is 0 Å². The first-order valence-corrected chi connectivity index (χ1v) is 5.36. The number of nitro benzene ring substituents is 1. The number of aromatic nitrogens is 2. The minimum atomic E-state index is -0.857. The standard InChI is InChI=1S/C11H11FN4O3/c1-11(2,13)10-14-9(19-15-10)7-5-6(12)3-4-8(7)16(17)18/h3-5H,13H2,1-2H3. The molecule has 2 N–H and O–H groups in total. The van der Waals surface area contributed by atoms with Crippen molar-refractivity contribution in [3.8, 4) is 11.5 Å². The fraction of sp³-hybridized carbons (Fsp3) is 0.273. The molecule has 2 aromatic rings. The van der Waals surface area contributed by atoms with Crippen molar-refractivity contribution in [3.05, 3.63) is 40.0 Å². The minimum absolute atomic E-state index is 0.0759. The molecule has 0 saturated carbocycles. The molecule has 100 valence electrons. The second-order valence-corrected chi connectivity index (χ2v) is 4.56. The number of benzene rings is 1. The van der Waals surface area contributed by atoms with E-state index in [-0.39, 0.29) is 23.0 Å². The fourth-order valence-electron chi connectivity index (χ4n) is 1.43. The molecule has 0 unspecified atom stereocenters. The molecular weight excluding hydrogens is 255 g/mol. The van der Waals surface area contributed by atoms with Crippen LogP contribution in [0.25, 0.3) is 11.5 Å². The predicted octanol–water partition coefficient (Wildman–Crippen LogP) is 1.98. The van der Waals surface area contributed by atoms with Crippen LogP contribution in [0.1, 0.15) is 19.7 Å². The van der Waals surface area contributed by atoms with Gasteiger partial charge in [-0.3, -0.25) is 10.1 Å². The smallest absolute Gasteiger partial charge is 0.282 e. The normalized spacial score (nSPS) is 11.6. The molecule has 0 spiro atoms. The first kappa shape index (κ1) is 13.1. The van der Waals surface area contributed by atoms with Crippen LogP contribution in [0, 0.1) is 15.9 Å². The van der Waals surface area contributed by atoms with Gasteiger partial charge in [-0.25, -0.2) is 4.39 Å². The number of rotatable bonds is 3. The van der Waals surface area contributed by atoms with Crippen LogP contribution in [0.5, 0.6) is 0 Å². The lowest BCUT2D eigenvalue weighted by Gasteiger charge is -2.11. The predicted molar refractivity (Wildman–Crippen MR) is 63.6 cm³/mol. The Labute approximate surface area is 107 Å². The molecule has 0 bridgehead atoms. The highest BCUT2D eigenvalue weighted by Crippen LogP contribution is 2.30. The van der Waals surface area contributed by atoms with E-state index in [0.29, 0.717) is 0 Å². The van der Waals surface area contributed by atoms with Crippen molar-refractivity contribution in [1.29, 1.82) is 0 Å². The fourth-order valence-corrected chi connectivity index (χ4v) is 1.43. The molecule has 7 nitrogen and oxygen atoms in total. The molecule has 1 heterocycles. The van der Waals surface area contributed by atoms with Gasteiger partial charge in [-0.1, -0.05) is 5.16 Å². The first-order chi connectivity index (χ1) is 8.79. The maximum absolute atomic E-state index is 13.2. The van der Waals surface area contributed by atoms with Gasteiger partial charge in [-0.05, 0) is 26.0 Å². The zero-order valence-corrected chi connectivity index (χ0v) is 10.3. The monoisotopic (exact) mass is 266 g/mol. The van der Waals surface area contributed by atoms with Crippen molar-refractivity contribution >= 4 is 5.69 Å². The van der Waals surface area contributed by atoms with Crippen LogP contribution in [0.4, 0.5) is 10.1 Å². The molecule has 1 aromatic carbocycles. The van der Waals surface area contributed by atoms with Gasteiger partial charge in [-0.15, -0.1) is 0 Å². The van der Waals surface area contributed by atoms with Gasteiger partial charge in [0.2, 0.25) is 0 Å². The number of halogens is 1. The Morgan fingerprint density at radius 3 is 2.68 bits per heavy atom. The summed E-state index contributed by atoms with van der Waals surface area (Å²) in [6.45, 7) is 3.31. The maximum atomic E-state index is 13.2. The highest BCUT2D eigenvalue weighted by molar-refractivity contribution is 5.66. The van der Waals surface area contributed by atoms with Crippen LogP contribution in [0.15, 0.2) is 22.7 Å². The summed E-state index contributed by atoms with van der Waals surface area (Å²) in [5, 5.41) is 14.5. The van der Waals surface area contributed by atoms with Gasteiger partial charge in [0.15, 0.2) is 5.82 Å². The molecule has 0 aliphatic rings. The van der Waals surface area contributed by atoms with Crippen molar-refractivity contribution in [2.45, 2.75) is 19.4 Å². The van der Waals surface area contributed by atoms with Gasteiger partial charge in [0, 0.05) is 6.07 Å². The third kappa shape index (κ3) is 2.58. The molecule has 0 saturated heterocycles. The van der Waals surface area contributed by atoms with E-state index >= 15 is 0 Å². The minimum Gasteiger partial charge on any atom is -0.334 e. The first-order valence-electron chi connectivity index (χ1n) is 5.36. The summed E-state index contributed by atoms with van der Waals surface area (Å²) >= 11 is 0. The van der Waals surface area contributed by atoms with Gasteiger partial charge < -0.3 is 10.3 Å². The quantitative estimate of drug-likeness (QED) is 0.672. The van der Waals surface area contributed by atoms with Crippen LogP contribution in [-0.2, 0) is 5.54 Å². The number of nitrogens with zero attached hydrogens (tertiary/aromatic N) is 3. The van der Waals surface area contributed by atoms with Gasteiger partial charge in [0.1, 0.15) is 11.4 Å². The average Bonchev–Trinajstić information content (AvgIpc) is 2.77. The van der Waals surface area contributed by atoms with Crippen molar-refractivity contribution in [3.63, 3.8) is 0 Å². The number of hydrogen-bond acceptors (Lipinski definition) is 6. The Morgan fingerprint density at radius 2 is 2.16 bits per heavy atom. The highest BCUT2D eigenvalue weighted by Gasteiger charge is 2.26. The number of hydrogen-bond donors (Lipinski definition) is 1. The van der Waals surface area contributed by atoms with E-state index in [1.54, 1.807) is 13.8 Å². The Hall–Kier alpha value is -2.35. The Morgan fingerprint density at radius 1 is 1.47 bits per heavy atom. The van der Waals surface area contributed by atoms with Crippen LogP contribution in [0.2, 0.25) is 0 Å². The summed E-state index contributed by atoms with van der Waals surface area (Å²) in [4.78, 5) is 14.2. The lowest BCUT2D eigenvalue weighted by atomic mass is 10.1. The highest BCUT2D eigenvalue weighted by atomic mass is 19.1. The Balaban J connectivity index is 2.55. The second kappa shape index (κ2) is 4.39. The van der Waals surface area contributed by atoms with Crippen LogP contribution in [0.3, 0.4) is 0 Å². The van der Waals surface area contributed by atoms with E-state index in [4.69, 9.17) is 10.3 Å². The molecule has 0 atom stereocenters. The third-order valence-electron chi connectivity index (χ3n) is 2.39. The molecule has 0 fully saturated rings. The summed E-state index contributed by atoms with van der Waals surface area (Å²) in [5.41, 5.74) is 4.54. The zero-order valence-electron chi connectivity index (χ0n) is 10.3. The van der Waals surface area contributed by atoms with E-state index in [0.717, 1.165) is 18.2 Å². The summed E-state index contributed by atoms with van der Waals surface area (Å²) in [5.74, 6) is -0.590. The summed E-state index contributed by atoms with van der Waals surface area (Å²) in [6.07, 6.45) is 0. The molecule has 2 rings (SSSR count). The van der Waals surface area contributed by atoms with Crippen molar-refractivity contribution in [2.24, 2.45) is 5.73 Å². The zero-order chi connectivity index (χ0) is 14.2. The summed E-state index contributed by atoms with van der Waals surface area (Å²) < 4.78 is 18.1. The number of nitro groups is 1. The van der Waals surface area contributed by atoms with E-state index in [2.05, 4.69) is 10.1 Å². The van der Waals surface area contributed by atoms with Gasteiger partial charge in [0.05, 0.1) is 10.5 Å². The molecule has 0 aliphatic heterocycles. The SMILES string of the molecule is CC(C)(N)c1noc(-c2cc(F)ccc2[N+](=O)[O-])n1. The molecular formula is C11H11FN4O3. The van der Waals surface area contributed by atoms with E-state index in [9.17, 15) is 14.5 Å². The average molecular weight is 266 g/mol. The summed E-state index contributed by atoms with van der Waals surface area (Å²) in [7, 11) is 0. The van der Waals surface area contributed by atoms with Crippen molar-refractivity contribution < 1.29 is 13.8 Å². The van der Waals surface area contributed by atoms with E-state index < -0.39 is 16.3 Å². The van der Waals surface area contributed by atoms with Gasteiger partial charge in [0.25, 0.3) is 11.6 Å². The largest absolute Gasteiger partial charge is 0.334 e. The van der Waals surface area contributed by atoms with Gasteiger partial charge in [-0.2, -0.15) is 4.98 Å². The van der Waals surface area contributed by atoms with E-state index in [1.165, 1.54) is 0 Å². The molecule has 1 aromatic heterocycles. The van der Waals surface area contributed by atoms with E-state index in [1.807, 2.05) is 0 Å². The lowest BCUT2D eigenvalue weighted by Crippen LogP contribution is -2.30. The van der Waals surface area contributed by atoms with Crippen LogP contribution < -0.4 is 5.73 Å². The second-order valence-electron chi connectivity index (χ2n) is 4.56. The maximum Gasteiger partial charge on any atom is 0.282 e. The molecule has 19 heavy (non-hydrogen) atoms. The Bertz CT molecular complexity index is 633. The molecule has 0 amide bonds. The topological polar surface area (TPSA) is 108 Å². The molecule has 0 aliphatic carbocycles. The number of nitrogens with two attached hydrogens (primary N) is 1. The van der Waals surface area contributed by atoms with Crippen LogP contribution >= 0.6 is 0 Å². The lowest BCUT2D eigenvalue weighted by molar-refractivity contribution is -0.384. The summed E-state index contributed by atoms with van der Waals surface area (Å²) in [6, 6.07) is 3.01. The van der Waals surface area contributed by atoms with Crippen LogP contribution in [-0.4, -0.2) is 15.1 Å². The Kier molecular flexibility index (Phi) is 3.03. The van der Waals surface area contributed by atoms with Crippen molar-refractivity contribution in [1.82, 2.24) is 10.1 Å². The third-order valence-corrected chi connectivity index (χ3v) is 2.39. The molecule has 0 radical (unpaired) electrons. The molecule has 8 heteroatoms. The van der Waals surface area contributed by atoms with Gasteiger partial charge >= 0.3 is 0 Å².